The Balaban J connectivity index is 0.00000176. The average molecular weight is 344 g/mol. The van der Waals surface area contributed by atoms with Gasteiger partial charge in [0.1, 0.15) is 0 Å². The highest BCUT2D eigenvalue weighted by Crippen LogP contribution is 2.26. The van der Waals surface area contributed by atoms with Gasteiger partial charge in [-0.1, -0.05) is 6.92 Å². The quantitative estimate of drug-likeness (QED) is 0.914. The van der Waals surface area contributed by atoms with E-state index in [1.54, 1.807) is 11.3 Å². The summed E-state index contributed by atoms with van der Waals surface area (Å²) in [6, 6.07) is 1.93. The number of rotatable bonds is 3. The fourth-order valence-electron chi connectivity index (χ4n) is 3.44. The van der Waals surface area contributed by atoms with Crippen molar-refractivity contribution in [3.8, 4) is 0 Å². The van der Waals surface area contributed by atoms with Gasteiger partial charge in [0.15, 0.2) is 0 Å². The van der Waals surface area contributed by atoms with Crippen LogP contribution >= 0.6 is 23.7 Å². The Morgan fingerprint density at radius 2 is 2.23 bits per heavy atom. The molecule has 0 spiro atoms. The average Bonchev–Trinajstić information content (AvgIpc) is 3.08. The second-order valence-electron chi connectivity index (χ2n) is 6.67. The lowest BCUT2D eigenvalue weighted by Crippen LogP contribution is -2.40. The fraction of sp³-hybridized carbons (Fsp3) is 0.688. The van der Waals surface area contributed by atoms with Crippen molar-refractivity contribution in [2.24, 2.45) is 5.41 Å². The standard InChI is InChI=1S/C16H25N3OS.ClH/c1-16(4-5-17-12-16)13-18-6-2-7-19(9-8-18)15(20)14-3-10-21-11-14;/h3,10-11,17H,2,4-9,12-13H2,1H3;1H. The minimum atomic E-state index is 0. The summed E-state index contributed by atoms with van der Waals surface area (Å²) in [6.07, 6.45) is 2.35. The van der Waals surface area contributed by atoms with Gasteiger partial charge in [0.05, 0.1) is 5.56 Å². The molecule has 1 N–H and O–H groups in total. The van der Waals surface area contributed by atoms with E-state index in [-0.39, 0.29) is 18.3 Å². The molecule has 1 atom stereocenters. The predicted molar refractivity (Wildman–Crippen MR) is 94.1 cm³/mol. The van der Waals surface area contributed by atoms with Crippen molar-refractivity contribution in [2.45, 2.75) is 19.8 Å². The molecule has 22 heavy (non-hydrogen) atoms. The van der Waals surface area contributed by atoms with Crippen LogP contribution in [-0.2, 0) is 0 Å². The molecule has 4 nitrogen and oxygen atoms in total. The molecular weight excluding hydrogens is 318 g/mol. The molecule has 0 aromatic carbocycles. The van der Waals surface area contributed by atoms with Crippen LogP contribution in [0.25, 0.3) is 0 Å². The summed E-state index contributed by atoms with van der Waals surface area (Å²) in [5.41, 5.74) is 1.26. The van der Waals surface area contributed by atoms with Crippen LogP contribution in [0.4, 0.5) is 0 Å². The van der Waals surface area contributed by atoms with E-state index in [2.05, 4.69) is 17.1 Å². The lowest BCUT2D eigenvalue weighted by Gasteiger charge is -2.31. The number of halogens is 1. The third kappa shape index (κ3) is 4.22. The zero-order valence-electron chi connectivity index (χ0n) is 13.2. The van der Waals surface area contributed by atoms with Crippen LogP contribution < -0.4 is 5.32 Å². The summed E-state index contributed by atoms with van der Waals surface area (Å²) in [6.45, 7) is 9.67. The summed E-state index contributed by atoms with van der Waals surface area (Å²) >= 11 is 1.59. The largest absolute Gasteiger partial charge is 0.337 e. The van der Waals surface area contributed by atoms with Crippen molar-refractivity contribution in [2.75, 3.05) is 45.8 Å². The minimum absolute atomic E-state index is 0. The van der Waals surface area contributed by atoms with Gasteiger partial charge in [0.2, 0.25) is 0 Å². The molecule has 0 saturated carbocycles. The number of nitrogens with one attached hydrogen (secondary N) is 1. The SMILES string of the molecule is CC1(CN2CCCN(C(=O)c3ccsc3)CC2)CCNC1.Cl. The number of thiophene rings is 1. The molecule has 0 aliphatic carbocycles. The lowest BCUT2D eigenvalue weighted by molar-refractivity contribution is 0.0759. The van der Waals surface area contributed by atoms with Gasteiger partial charge >= 0.3 is 0 Å². The van der Waals surface area contributed by atoms with Gasteiger partial charge < -0.3 is 15.1 Å². The summed E-state index contributed by atoms with van der Waals surface area (Å²) < 4.78 is 0. The Morgan fingerprint density at radius 3 is 2.91 bits per heavy atom. The highest BCUT2D eigenvalue weighted by atomic mass is 35.5. The molecule has 124 valence electrons. The number of amides is 1. The van der Waals surface area contributed by atoms with Gasteiger partial charge in [-0.25, -0.2) is 0 Å². The van der Waals surface area contributed by atoms with Crippen LogP contribution in [-0.4, -0.2) is 61.5 Å². The topological polar surface area (TPSA) is 35.6 Å². The van der Waals surface area contributed by atoms with Crippen LogP contribution in [0.5, 0.6) is 0 Å². The Kier molecular flexibility index (Phi) is 6.26. The maximum atomic E-state index is 12.4. The first-order valence-corrected chi connectivity index (χ1v) is 8.85. The number of nitrogens with zero attached hydrogens (tertiary/aromatic N) is 2. The first-order valence-electron chi connectivity index (χ1n) is 7.91. The fourth-order valence-corrected chi connectivity index (χ4v) is 4.07. The molecule has 2 saturated heterocycles. The second-order valence-corrected chi connectivity index (χ2v) is 7.45. The summed E-state index contributed by atoms with van der Waals surface area (Å²) in [7, 11) is 0. The van der Waals surface area contributed by atoms with E-state index in [9.17, 15) is 4.79 Å². The molecule has 2 aliphatic heterocycles. The van der Waals surface area contributed by atoms with Gasteiger partial charge in [-0.15, -0.1) is 12.4 Å². The highest BCUT2D eigenvalue weighted by molar-refractivity contribution is 7.08. The van der Waals surface area contributed by atoms with E-state index in [0.717, 1.165) is 57.8 Å². The third-order valence-corrected chi connectivity index (χ3v) is 5.39. The number of carbonyl (C=O) groups excluding carboxylic acids is 1. The Labute approximate surface area is 143 Å². The second kappa shape index (κ2) is 7.77. The molecule has 2 fully saturated rings. The van der Waals surface area contributed by atoms with Gasteiger partial charge in [-0.3, -0.25) is 4.79 Å². The zero-order valence-corrected chi connectivity index (χ0v) is 14.8. The Hall–Kier alpha value is -0.620. The zero-order chi connectivity index (χ0) is 14.7. The lowest BCUT2D eigenvalue weighted by atomic mass is 9.89. The Morgan fingerprint density at radius 1 is 1.36 bits per heavy atom. The summed E-state index contributed by atoms with van der Waals surface area (Å²) in [5, 5.41) is 7.41. The van der Waals surface area contributed by atoms with Gasteiger partial charge in [0.25, 0.3) is 5.91 Å². The monoisotopic (exact) mass is 343 g/mol. The van der Waals surface area contributed by atoms with Crippen molar-refractivity contribution in [3.63, 3.8) is 0 Å². The summed E-state index contributed by atoms with van der Waals surface area (Å²) in [4.78, 5) is 17.0. The van der Waals surface area contributed by atoms with Crippen LogP contribution in [0.1, 0.15) is 30.1 Å². The number of hydrogen-bond donors (Lipinski definition) is 1. The summed E-state index contributed by atoms with van der Waals surface area (Å²) in [5.74, 6) is 0.201. The number of hydrogen-bond acceptors (Lipinski definition) is 4. The van der Waals surface area contributed by atoms with Crippen LogP contribution in [0.2, 0.25) is 0 Å². The maximum Gasteiger partial charge on any atom is 0.254 e. The van der Waals surface area contributed by atoms with E-state index in [1.807, 2.05) is 21.7 Å². The van der Waals surface area contributed by atoms with Crippen LogP contribution in [0.15, 0.2) is 16.8 Å². The molecule has 2 aliphatic rings. The Bertz CT molecular complexity index is 474. The first kappa shape index (κ1) is 17.7. The van der Waals surface area contributed by atoms with Gasteiger partial charge in [-0.05, 0) is 42.8 Å². The third-order valence-electron chi connectivity index (χ3n) is 4.71. The predicted octanol–water partition coefficient (Wildman–Crippen LogP) is 2.32. The van der Waals surface area contributed by atoms with Crippen LogP contribution in [0, 0.1) is 5.41 Å². The molecule has 1 unspecified atom stereocenters. The van der Waals surface area contributed by atoms with Gasteiger partial charge in [0, 0.05) is 38.1 Å². The molecule has 0 bridgehead atoms. The molecule has 3 heterocycles. The normalized spacial score (nSPS) is 26.5. The van der Waals surface area contributed by atoms with E-state index in [0.29, 0.717) is 5.41 Å². The minimum Gasteiger partial charge on any atom is -0.337 e. The van der Waals surface area contributed by atoms with Crippen molar-refractivity contribution < 1.29 is 4.79 Å². The first-order chi connectivity index (χ1) is 10.2. The molecular formula is C16H26ClN3OS. The molecule has 6 heteroatoms. The van der Waals surface area contributed by atoms with E-state index in [4.69, 9.17) is 0 Å². The van der Waals surface area contributed by atoms with Crippen molar-refractivity contribution in [3.05, 3.63) is 22.4 Å². The van der Waals surface area contributed by atoms with E-state index < -0.39 is 0 Å². The molecule has 0 radical (unpaired) electrons. The molecule has 1 amide bonds. The molecule has 3 rings (SSSR count). The van der Waals surface area contributed by atoms with E-state index >= 15 is 0 Å². The smallest absolute Gasteiger partial charge is 0.254 e. The number of carbonyl (C=O) groups is 1. The molecule has 1 aromatic rings. The van der Waals surface area contributed by atoms with Crippen LogP contribution in [0.3, 0.4) is 0 Å². The van der Waals surface area contributed by atoms with E-state index in [1.165, 1.54) is 6.42 Å². The van der Waals surface area contributed by atoms with Crippen molar-refractivity contribution >= 4 is 29.7 Å². The van der Waals surface area contributed by atoms with Crippen molar-refractivity contribution in [1.29, 1.82) is 0 Å². The maximum absolute atomic E-state index is 12.4. The van der Waals surface area contributed by atoms with Gasteiger partial charge in [-0.2, -0.15) is 11.3 Å². The van der Waals surface area contributed by atoms with Crippen molar-refractivity contribution in [1.82, 2.24) is 15.1 Å². The highest BCUT2D eigenvalue weighted by Gasteiger charge is 2.31. The molecule has 1 aromatic heterocycles.